The molecule has 256 valence electrons. The molecule has 1 N–H and O–H groups in total. The van der Waals surface area contributed by atoms with Crippen molar-refractivity contribution in [3.8, 4) is 28.6 Å². The molecular weight excluding hydrogens is 644 g/mol. The van der Waals surface area contributed by atoms with Crippen molar-refractivity contribution in [2.45, 2.75) is 77.0 Å². The number of rotatable bonds is 17. The van der Waals surface area contributed by atoms with Crippen molar-refractivity contribution in [2.24, 2.45) is 5.92 Å². The molecule has 1 atom stereocenters. The molecule has 3 heterocycles. The van der Waals surface area contributed by atoms with E-state index in [0.717, 1.165) is 54.2 Å². The minimum Gasteiger partial charge on any atom is -0.491 e. The minimum absolute atomic E-state index is 0.223. The van der Waals surface area contributed by atoms with Gasteiger partial charge in [0.15, 0.2) is 0 Å². The fourth-order valence-corrected chi connectivity index (χ4v) is 7.03. The lowest BCUT2D eigenvalue weighted by atomic mass is 10.0. The van der Waals surface area contributed by atoms with Crippen LogP contribution in [0.3, 0.4) is 0 Å². The molecule has 0 radical (unpaired) electrons. The average molecular weight is 691 g/mol. The number of carbonyl (C=O) groups is 1. The average Bonchev–Trinajstić information content (AvgIpc) is 3.55. The number of ether oxygens (including phenoxy) is 3. The highest BCUT2D eigenvalue weighted by Crippen LogP contribution is 2.36. The second-order valence-electron chi connectivity index (χ2n) is 14.4. The summed E-state index contributed by atoms with van der Waals surface area (Å²) in [6, 6.07) is 16.4. The molecule has 2 fully saturated rings. The van der Waals surface area contributed by atoms with Crippen molar-refractivity contribution in [1.82, 2.24) is 19.4 Å². The summed E-state index contributed by atoms with van der Waals surface area (Å²) >= 11 is 6.60. The Morgan fingerprint density at radius 3 is 2.50 bits per heavy atom. The van der Waals surface area contributed by atoms with Gasteiger partial charge in [0, 0.05) is 39.1 Å². The normalized spacial score (nSPS) is 16.0. The summed E-state index contributed by atoms with van der Waals surface area (Å²) < 4.78 is 20.5. The predicted molar refractivity (Wildman–Crippen MR) is 192 cm³/mol. The van der Waals surface area contributed by atoms with Crippen molar-refractivity contribution in [1.29, 1.82) is 0 Å². The lowest BCUT2D eigenvalue weighted by Crippen LogP contribution is -2.33. The van der Waals surface area contributed by atoms with Crippen LogP contribution >= 0.6 is 11.6 Å². The number of hydrogen-bond donors (Lipinski definition) is 1. The van der Waals surface area contributed by atoms with Gasteiger partial charge >= 0.3 is 0 Å². The molecule has 11 heteroatoms. The number of aliphatic hydroxyl groups is 1. The van der Waals surface area contributed by atoms with Crippen molar-refractivity contribution < 1.29 is 24.1 Å². The van der Waals surface area contributed by atoms with E-state index in [9.17, 15) is 9.90 Å². The maximum atomic E-state index is 12.4. The number of ketones is 1. The molecule has 4 aromatic rings. The molecule has 6 rings (SSSR count). The molecule has 48 heavy (non-hydrogen) atoms. The number of halogens is 1. The van der Waals surface area contributed by atoms with Crippen molar-refractivity contribution in [2.75, 3.05) is 32.8 Å². The van der Waals surface area contributed by atoms with Gasteiger partial charge in [-0.1, -0.05) is 37.3 Å². The van der Waals surface area contributed by atoms with Gasteiger partial charge in [-0.3, -0.25) is 4.79 Å². The van der Waals surface area contributed by atoms with E-state index in [4.69, 9.17) is 25.8 Å². The zero-order valence-corrected chi connectivity index (χ0v) is 30.0. The lowest BCUT2D eigenvalue weighted by molar-refractivity contribution is -0.118. The Kier molecular flexibility index (Phi) is 11.2. The summed E-state index contributed by atoms with van der Waals surface area (Å²) in [4.78, 5) is 23.8. The van der Waals surface area contributed by atoms with E-state index in [1.165, 1.54) is 19.2 Å². The Morgan fingerprint density at radius 1 is 1.04 bits per heavy atom. The van der Waals surface area contributed by atoms with Crippen LogP contribution < -0.4 is 9.47 Å². The van der Waals surface area contributed by atoms with Gasteiger partial charge in [0.2, 0.25) is 5.88 Å². The Labute approximate surface area is 289 Å². The Morgan fingerprint density at radius 2 is 1.79 bits per heavy atom. The van der Waals surface area contributed by atoms with Crippen LogP contribution in [0.1, 0.15) is 37.7 Å². The second kappa shape index (κ2) is 15.5. The van der Waals surface area contributed by atoms with Gasteiger partial charge in [0.05, 0.1) is 11.1 Å². The molecule has 2 aromatic heterocycles. The summed E-state index contributed by atoms with van der Waals surface area (Å²) in [6.07, 6.45) is 6.62. The molecule has 0 unspecified atom stereocenters. The SMILES string of the molecule is C[Si](C)(C)CCOCn1c(-c2ccc(OC[C@H](O)CN3CCCC3)cc2)cc2c(Oc3ccc(CC(=O)CC4CC4)c(Cl)c3)ncnc21. The van der Waals surface area contributed by atoms with Gasteiger partial charge < -0.3 is 28.8 Å². The Balaban J connectivity index is 1.20. The number of nitrogens with zero attached hydrogens (tertiary/aromatic N) is 4. The largest absolute Gasteiger partial charge is 0.491 e. The predicted octanol–water partition coefficient (Wildman–Crippen LogP) is 7.60. The lowest BCUT2D eigenvalue weighted by Gasteiger charge is -2.19. The van der Waals surface area contributed by atoms with Gasteiger partial charge in [0.1, 0.15) is 48.7 Å². The van der Waals surface area contributed by atoms with Crippen LogP contribution in [-0.2, 0) is 22.7 Å². The highest BCUT2D eigenvalue weighted by Gasteiger charge is 2.25. The van der Waals surface area contributed by atoms with E-state index in [1.54, 1.807) is 6.07 Å². The van der Waals surface area contributed by atoms with Gasteiger partial charge in [-0.05, 0) is 104 Å². The Bertz CT molecular complexity index is 1700. The number of likely N-dealkylation sites (tertiary alicyclic amines) is 1. The van der Waals surface area contributed by atoms with Crippen molar-refractivity contribution in [3.63, 3.8) is 0 Å². The van der Waals surface area contributed by atoms with E-state index < -0.39 is 14.2 Å². The highest BCUT2D eigenvalue weighted by atomic mass is 35.5. The number of Topliss-reactive ketones (excluding diaryl/α,β-unsaturated/α-hetero) is 1. The number of carbonyl (C=O) groups excluding carboxylic acids is 1. The second-order valence-corrected chi connectivity index (χ2v) is 20.5. The third kappa shape index (κ3) is 9.45. The molecule has 1 aliphatic heterocycles. The topological polar surface area (TPSA) is 98.9 Å². The van der Waals surface area contributed by atoms with Crippen molar-refractivity contribution in [3.05, 3.63) is 65.4 Å². The fourth-order valence-electron chi connectivity index (χ4n) is 6.03. The van der Waals surface area contributed by atoms with Crippen molar-refractivity contribution >= 4 is 36.5 Å². The summed E-state index contributed by atoms with van der Waals surface area (Å²) in [5.74, 6) is 2.42. The first-order valence-electron chi connectivity index (χ1n) is 17.1. The highest BCUT2D eigenvalue weighted by molar-refractivity contribution is 6.76. The number of β-amino-alcohol motifs (C(OH)–C–C–N with tert-alkyl or cyclic N) is 1. The molecule has 2 aliphatic rings. The number of fused-ring (bicyclic) bond motifs is 1. The molecule has 0 spiro atoms. The molecule has 1 aliphatic carbocycles. The van der Waals surface area contributed by atoms with Crippen LogP contribution in [0.15, 0.2) is 54.9 Å². The van der Waals surface area contributed by atoms with Crippen LogP contribution in [0.25, 0.3) is 22.3 Å². The van der Waals surface area contributed by atoms with Crippen LogP contribution in [0.5, 0.6) is 17.4 Å². The molecule has 1 saturated carbocycles. The van der Waals surface area contributed by atoms with E-state index in [-0.39, 0.29) is 12.4 Å². The quantitative estimate of drug-likeness (QED) is 0.0894. The summed E-state index contributed by atoms with van der Waals surface area (Å²) in [7, 11) is -1.26. The van der Waals surface area contributed by atoms with Crippen LogP contribution in [-0.4, -0.2) is 77.4 Å². The summed E-state index contributed by atoms with van der Waals surface area (Å²) in [6.45, 7) is 11.0. The van der Waals surface area contributed by atoms with Gasteiger partial charge in [-0.15, -0.1) is 0 Å². The summed E-state index contributed by atoms with van der Waals surface area (Å²) in [5.41, 5.74) is 3.37. The molecule has 9 nitrogen and oxygen atoms in total. The maximum absolute atomic E-state index is 12.4. The fraction of sp³-hybridized carbons (Fsp3) is 0.486. The standard InChI is InChI=1S/C37H47ClN4O5Si/c1-48(2,3)17-16-45-25-42-35(27-8-11-31(12-9-27)46-23-30(44)22-41-14-4-5-15-41)21-33-36(42)39-24-40-37(33)47-32-13-10-28(34(38)20-32)19-29(43)18-26-6-7-26/h8-13,20-21,24,26,30,44H,4-7,14-19,22-23,25H2,1-3H3/t30-/m1/s1. The van der Waals surface area contributed by atoms with E-state index in [0.29, 0.717) is 66.7 Å². The summed E-state index contributed by atoms with van der Waals surface area (Å²) in [5, 5.41) is 11.7. The zero-order valence-electron chi connectivity index (χ0n) is 28.3. The third-order valence-corrected chi connectivity index (χ3v) is 11.0. The molecule has 0 bridgehead atoms. The van der Waals surface area contributed by atoms with Gasteiger partial charge in [-0.25, -0.2) is 9.97 Å². The number of aromatic nitrogens is 3. The van der Waals surface area contributed by atoms with Crippen LogP contribution in [0, 0.1) is 5.92 Å². The maximum Gasteiger partial charge on any atom is 0.231 e. The zero-order chi connectivity index (χ0) is 33.7. The molecule has 1 saturated heterocycles. The van der Waals surface area contributed by atoms with Crippen LogP contribution in [0.2, 0.25) is 30.7 Å². The number of hydrogen-bond acceptors (Lipinski definition) is 8. The van der Waals surface area contributed by atoms with E-state index >= 15 is 0 Å². The third-order valence-electron chi connectivity index (χ3n) is 8.97. The first-order chi connectivity index (χ1) is 23.1. The first kappa shape index (κ1) is 34.6. The smallest absolute Gasteiger partial charge is 0.231 e. The monoisotopic (exact) mass is 690 g/mol. The molecule has 2 aromatic carbocycles. The van der Waals surface area contributed by atoms with E-state index in [2.05, 4.69) is 34.5 Å². The van der Waals surface area contributed by atoms with Gasteiger partial charge in [0.25, 0.3) is 0 Å². The van der Waals surface area contributed by atoms with E-state index in [1.807, 2.05) is 47.0 Å². The Hall–Kier alpha value is -3.28. The molecule has 0 amide bonds. The number of aliphatic hydroxyl groups excluding tert-OH is 1. The first-order valence-corrected chi connectivity index (χ1v) is 21.2. The minimum atomic E-state index is -1.26. The van der Waals surface area contributed by atoms with Crippen LogP contribution in [0.4, 0.5) is 0 Å². The molecular formula is C37H47ClN4O5Si. The van der Waals surface area contributed by atoms with Gasteiger partial charge in [-0.2, -0.15) is 0 Å². The number of benzene rings is 2.